The average molecular weight is 199 g/mol. The fourth-order valence-corrected chi connectivity index (χ4v) is 1.07. The van der Waals surface area contributed by atoms with Crippen molar-refractivity contribution in [3.63, 3.8) is 0 Å². The SMILES string of the molecule is C=C(C)C(=O)c1cc(Cl)ccc1F. The summed E-state index contributed by atoms with van der Waals surface area (Å²) in [4.78, 5) is 11.3. The summed E-state index contributed by atoms with van der Waals surface area (Å²) in [6.07, 6.45) is 0. The highest BCUT2D eigenvalue weighted by Gasteiger charge is 2.12. The lowest BCUT2D eigenvalue weighted by Crippen LogP contribution is -2.02. The zero-order chi connectivity index (χ0) is 10.0. The van der Waals surface area contributed by atoms with Gasteiger partial charge in [0.25, 0.3) is 0 Å². The Hall–Kier alpha value is -1.15. The highest BCUT2D eigenvalue weighted by molar-refractivity contribution is 6.31. The Labute approximate surface area is 80.8 Å². The Morgan fingerprint density at radius 3 is 2.69 bits per heavy atom. The molecular weight excluding hydrogens is 191 g/mol. The van der Waals surface area contributed by atoms with Crippen LogP contribution in [0.3, 0.4) is 0 Å². The zero-order valence-corrected chi connectivity index (χ0v) is 7.86. The van der Waals surface area contributed by atoms with Crippen molar-refractivity contribution in [1.82, 2.24) is 0 Å². The highest BCUT2D eigenvalue weighted by Crippen LogP contribution is 2.17. The first-order chi connectivity index (χ1) is 6.02. The second-order valence-corrected chi connectivity index (χ2v) is 3.17. The van der Waals surface area contributed by atoms with Crippen LogP contribution in [0, 0.1) is 5.82 Å². The molecule has 1 aromatic rings. The standard InChI is InChI=1S/C10H8ClFO/c1-6(2)10(13)8-5-7(11)3-4-9(8)12/h3-5H,1H2,2H3. The third kappa shape index (κ3) is 2.16. The number of hydrogen-bond donors (Lipinski definition) is 0. The van der Waals surface area contributed by atoms with E-state index < -0.39 is 11.6 Å². The first kappa shape index (κ1) is 9.93. The monoisotopic (exact) mass is 198 g/mol. The lowest BCUT2D eigenvalue weighted by molar-refractivity contribution is 0.103. The van der Waals surface area contributed by atoms with E-state index in [9.17, 15) is 9.18 Å². The highest BCUT2D eigenvalue weighted by atomic mass is 35.5. The summed E-state index contributed by atoms with van der Waals surface area (Å²) in [6.45, 7) is 4.97. The van der Waals surface area contributed by atoms with Crippen LogP contribution >= 0.6 is 11.6 Å². The summed E-state index contributed by atoms with van der Waals surface area (Å²) in [5.41, 5.74) is 0.265. The van der Waals surface area contributed by atoms with E-state index in [0.29, 0.717) is 10.6 Å². The van der Waals surface area contributed by atoms with Crippen LogP contribution in [-0.4, -0.2) is 5.78 Å². The van der Waals surface area contributed by atoms with E-state index in [1.807, 2.05) is 0 Å². The molecule has 0 unspecified atom stereocenters. The lowest BCUT2D eigenvalue weighted by atomic mass is 10.1. The van der Waals surface area contributed by atoms with Crippen molar-refractivity contribution in [1.29, 1.82) is 0 Å². The van der Waals surface area contributed by atoms with Crippen LogP contribution in [-0.2, 0) is 0 Å². The smallest absolute Gasteiger partial charge is 0.191 e. The number of benzene rings is 1. The van der Waals surface area contributed by atoms with Gasteiger partial charge in [0.1, 0.15) is 5.82 Å². The van der Waals surface area contributed by atoms with Gasteiger partial charge in [0.05, 0.1) is 5.56 Å². The van der Waals surface area contributed by atoms with Crippen molar-refractivity contribution in [3.05, 3.63) is 46.8 Å². The third-order valence-electron chi connectivity index (χ3n) is 1.56. The molecule has 1 nitrogen and oxygen atoms in total. The Kier molecular flexibility index (Phi) is 2.83. The van der Waals surface area contributed by atoms with E-state index in [0.717, 1.165) is 0 Å². The van der Waals surface area contributed by atoms with Crippen molar-refractivity contribution in [2.75, 3.05) is 0 Å². The molecule has 13 heavy (non-hydrogen) atoms. The maximum Gasteiger partial charge on any atom is 0.191 e. The fourth-order valence-electron chi connectivity index (χ4n) is 0.901. The number of ketones is 1. The van der Waals surface area contributed by atoms with Gasteiger partial charge in [-0.3, -0.25) is 4.79 Å². The van der Waals surface area contributed by atoms with Crippen LogP contribution in [0.25, 0.3) is 0 Å². The molecule has 0 spiro atoms. The molecule has 0 aliphatic carbocycles. The van der Waals surface area contributed by atoms with Gasteiger partial charge in [0.15, 0.2) is 5.78 Å². The Bertz CT molecular complexity index is 371. The zero-order valence-electron chi connectivity index (χ0n) is 7.10. The number of hydrogen-bond acceptors (Lipinski definition) is 1. The van der Waals surface area contributed by atoms with Gasteiger partial charge >= 0.3 is 0 Å². The third-order valence-corrected chi connectivity index (χ3v) is 1.80. The van der Waals surface area contributed by atoms with Gasteiger partial charge in [-0.25, -0.2) is 4.39 Å². The molecule has 0 aliphatic rings. The first-order valence-corrected chi connectivity index (χ1v) is 4.05. The predicted octanol–water partition coefficient (Wildman–Crippen LogP) is 3.24. The molecule has 0 amide bonds. The largest absolute Gasteiger partial charge is 0.289 e. The molecule has 3 heteroatoms. The number of carbonyl (C=O) groups is 1. The Balaban J connectivity index is 3.21. The van der Waals surface area contributed by atoms with Gasteiger partial charge in [-0.1, -0.05) is 18.2 Å². The topological polar surface area (TPSA) is 17.1 Å². The van der Waals surface area contributed by atoms with Gasteiger partial charge < -0.3 is 0 Å². The molecule has 0 saturated heterocycles. The molecule has 1 aromatic carbocycles. The Morgan fingerprint density at radius 2 is 2.15 bits per heavy atom. The van der Waals surface area contributed by atoms with Crippen LogP contribution < -0.4 is 0 Å². The van der Waals surface area contributed by atoms with Crippen LogP contribution in [0.4, 0.5) is 4.39 Å². The van der Waals surface area contributed by atoms with Gasteiger partial charge in [-0.15, -0.1) is 0 Å². The van der Waals surface area contributed by atoms with E-state index >= 15 is 0 Å². The van der Waals surface area contributed by atoms with Crippen molar-refractivity contribution in [2.45, 2.75) is 6.92 Å². The Morgan fingerprint density at radius 1 is 1.54 bits per heavy atom. The molecule has 0 radical (unpaired) electrons. The molecular formula is C10H8ClFO. The molecule has 0 N–H and O–H groups in total. The normalized spacial score (nSPS) is 9.77. The maximum atomic E-state index is 13.1. The summed E-state index contributed by atoms with van der Waals surface area (Å²) >= 11 is 5.62. The molecule has 1 rings (SSSR count). The molecule has 0 fully saturated rings. The van der Waals surface area contributed by atoms with E-state index in [1.54, 1.807) is 0 Å². The van der Waals surface area contributed by atoms with Gasteiger partial charge in [0, 0.05) is 5.02 Å². The minimum absolute atomic E-state index is 0.0278. The van der Waals surface area contributed by atoms with Crippen molar-refractivity contribution in [2.24, 2.45) is 0 Å². The van der Waals surface area contributed by atoms with Crippen LogP contribution in [0.2, 0.25) is 5.02 Å². The summed E-state index contributed by atoms with van der Waals surface area (Å²) in [6, 6.07) is 3.86. The second-order valence-electron chi connectivity index (χ2n) is 2.73. The van der Waals surface area contributed by atoms with E-state index in [2.05, 4.69) is 6.58 Å². The summed E-state index contributed by atoms with van der Waals surface area (Å²) in [7, 11) is 0. The van der Waals surface area contributed by atoms with Gasteiger partial charge in [0.2, 0.25) is 0 Å². The summed E-state index contributed by atoms with van der Waals surface area (Å²) < 4.78 is 13.1. The predicted molar refractivity (Wildman–Crippen MR) is 50.6 cm³/mol. The minimum atomic E-state index is -0.572. The molecule has 0 heterocycles. The molecule has 0 aliphatic heterocycles. The van der Waals surface area contributed by atoms with Crippen molar-refractivity contribution >= 4 is 17.4 Å². The van der Waals surface area contributed by atoms with Crippen molar-refractivity contribution < 1.29 is 9.18 Å². The number of halogens is 2. The molecule has 0 atom stereocenters. The molecule has 0 saturated carbocycles. The van der Waals surface area contributed by atoms with E-state index in [4.69, 9.17) is 11.6 Å². The summed E-state index contributed by atoms with van der Waals surface area (Å²) in [5, 5.41) is 0.339. The number of rotatable bonds is 2. The molecule has 0 bridgehead atoms. The first-order valence-electron chi connectivity index (χ1n) is 3.67. The van der Waals surface area contributed by atoms with Crippen LogP contribution in [0.5, 0.6) is 0 Å². The summed E-state index contributed by atoms with van der Waals surface area (Å²) in [5.74, 6) is -0.989. The molecule has 68 valence electrons. The van der Waals surface area contributed by atoms with E-state index in [-0.39, 0.29) is 5.56 Å². The average Bonchev–Trinajstić information content (AvgIpc) is 2.08. The minimum Gasteiger partial charge on any atom is -0.289 e. The lowest BCUT2D eigenvalue weighted by Gasteiger charge is -2.01. The van der Waals surface area contributed by atoms with Crippen molar-refractivity contribution in [3.8, 4) is 0 Å². The maximum absolute atomic E-state index is 13.1. The second kappa shape index (κ2) is 3.71. The number of carbonyl (C=O) groups excluding carboxylic acids is 1. The van der Waals surface area contributed by atoms with E-state index in [1.165, 1.54) is 25.1 Å². The number of Topliss-reactive ketones (excluding diaryl/α,β-unsaturated/α-hetero) is 1. The quantitative estimate of drug-likeness (QED) is 0.527. The van der Waals surface area contributed by atoms with Gasteiger partial charge in [-0.05, 0) is 30.7 Å². The van der Waals surface area contributed by atoms with Crippen LogP contribution in [0.15, 0.2) is 30.4 Å². The molecule has 0 aromatic heterocycles. The number of allylic oxidation sites excluding steroid dienone is 1. The van der Waals surface area contributed by atoms with Crippen LogP contribution in [0.1, 0.15) is 17.3 Å². The van der Waals surface area contributed by atoms with Gasteiger partial charge in [-0.2, -0.15) is 0 Å². The fraction of sp³-hybridized carbons (Fsp3) is 0.100.